The third-order valence-electron chi connectivity index (χ3n) is 3.84. The van der Waals surface area contributed by atoms with Gasteiger partial charge < -0.3 is 10.6 Å². The van der Waals surface area contributed by atoms with Gasteiger partial charge in [0.15, 0.2) is 0 Å². The molecule has 0 aromatic heterocycles. The van der Waals surface area contributed by atoms with Gasteiger partial charge in [0.25, 0.3) is 0 Å². The van der Waals surface area contributed by atoms with Crippen molar-refractivity contribution in [1.82, 2.24) is 4.90 Å². The largest absolute Gasteiger partial charge is 0.330 e. The van der Waals surface area contributed by atoms with E-state index >= 15 is 0 Å². The molecule has 0 spiro atoms. The molecule has 1 aliphatic rings. The standard InChI is InChI=1S/C13H28N2/c1-11-5-7-12(8-6-11)15(4)10-13(2,3)9-14/h11-12H,5-10,14H2,1-4H3. The van der Waals surface area contributed by atoms with Crippen LogP contribution >= 0.6 is 0 Å². The van der Waals surface area contributed by atoms with Crippen molar-refractivity contribution in [3.63, 3.8) is 0 Å². The molecule has 0 aromatic rings. The first kappa shape index (κ1) is 13.0. The Bertz CT molecular complexity index is 181. The van der Waals surface area contributed by atoms with Crippen LogP contribution in [-0.4, -0.2) is 31.1 Å². The molecule has 0 aliphatic heterocycles. The summed E-state index contributed by atoms with van der Waals surface area (Å²) >= 11 is 0. The minimum absolute atomic E-state index is 0.262. The molecule has 0 aromatic carbocycles. The molecule has 2 N–H and O–H groups in total. The molecule has 90 valence electrons. The molecule has 2 heteroatoms. The van der Waals surface area contributed by atoms with Gasteiger partial charge >= 0.3 is 0 Å². The van der Waals surface area contributed by atoms with Crippen LogP contribution in [0.3, 0.4) is 0 Å². The monoisotopic (exact) mass is 212 g/mol. The molecule has 1 aliphatic carbocycles. The van der Waals surface area contributed by atoms with Crippen molar-refractivity contribution in [3.8, 4) is 0 Å². The number of nitrogens with zero attached hydrogens (tertiary/aromatic N) is 1. The number of hydrogen-bond acceptors (Lipinski definition) is 2. The van der Waals surface area contributed by atoms with Gasteiger partial charge in [0.1, 0.15) is 0 Å². The van der Waals surface area contributed by atoms with Crippen molar-refractivity contribution in [2.45, 2.75) is 52.5 Å². The number of rotatable bonds is 4. The van der Waals surface area contributed by atoms with Gasteiger partial charge in [0, 0.05) is 12.6 Å². The Morgan fingerprint density at radius 2 is 1.73 bits per heavy atom. The van der Waals surface area contributed by atoms with Crippen LogP contribution in [0, 0.1) is 11.3 Å². The van der Waals surface area contributed by atoms with Crippen LogP contribution in [-0.2, 0) is 0 Å². The van der Waals surface area contributed by atoms with Gasteiger partial charge in [-0.15, -0.1) is 0 Å². The fourth-order valence-electron chi connectivity index (χ4n) is 2.55. The van der Waals surface area contributed by atoms with Gasteiger partial charge in [-0.3, -0.25) is 0 Å². The lowest BCUT2D eigenvalue weighted by Gasteiger charge is -2.37. The third kappa shape index (κ3) is 4.12. The highest BCUT2D eigenvalue weighted by atomic mass is 15.1. The van der Waals surface area contributed by atoms with Crippen molar-refractivity contribution in [3.05, 3.63) is 0 Å². The van der Waals surface area contributed by atoms with Crippen LogP contribution in [0.1, 0.15) is 46.5 Å². The van der Waals surface area contributed by atoms with Crippen molar-refractivity contribution in [2.24, 2.45) is 17.1 Å². The van der Waals surface area contributed by atoms with Crippen LogP contribution < -0.4 is 5.73 Å². The van der Waals surface area contributed by atoms with Gasteiger partial charge in [-0.25, -0.2) is 0 Å². The summed E-state index contributed by atoms with van der Waals surface area (Å²) in [6.45, 7) is 8.80. The van der Waals surface area contributed by atoms with Crippen molar-refractivity contribution in [1.29, 1.82) is 0 Å². The molecule has 2 nitrogen and oxygen atoms in total. The maximum absolute atomic E-state index is 5.78. The highest BCUT2D eigenvalue weighted by molar-refractivity contribution is 4.81. The molecule has 1 fully saturated rings. The van der Waals surface area contributed by atoms with E-state index in [-0.39, 0.29) is 5.41 Å². The first-order valence-electron chi connectivity index (χ1n) is 6.35. The normalized spacial score (nSPS) is 28.4. The number of hydrogen-bond donors (Lipinski definition) is 1. The van der Waals surface area contributed by atoms with Crippen LogP contribution in [0.2, 0.25) is 0 Å². The predicted octanol–water partition coefficient (Wildman–Crippen LogP) is 2.48. The van der Waals surface area contributed by atoms with Gasteiger partial charge in [0.2, 0.25) is 0 Å². The molecule has 0 radical (unpaired) electrons. The van der Waals surface area contributed by atoms with E-state index in [2.05, 4.69) is 32.7 Å². The average Bonchev–Trinajstić information content (AvgIpc) is 2.18. The third-order valence-corrected chi connectivity index (χ3v) is 3.84. The van der Waals surface area contributed by atoms with Crippen LogP contribution in [0.5, 0.6) is 0 Å². The molecule has 1 saturated carbocycles. The summed E-state index contributed by atoms with van der Waals surface area (Å²) in [6, 6.07) is 0.798. The Balaban J connectivity index is 2.37. The molecule has 0 unspecified atom stereocenters. The first-order valence-corrected chi connectivity index (χ1v) is 6.35. The average molecular weight is 212 g/mol. The summed E-state index contributed by atoms with van der Waals surface area (Å²) in [5.74, 6) is 0.942. The van der Waals surface area contributed by atoms with E-state index in [0.29, 0.717) is 0 Å². The molecular weight excluding hydrogens is 184 g/mol. The summed E-state index contributed by atoms with van der Waals surface area (Å²) in [4.78, 5) is 2.53. The summed E-state index contributed by atoms with van der Waals surface area (Å²) in [5, 5.41) is 0. The maximum Gasteiger partial charge on any atom is 0.00926 e. The zero-order valence-corrected chi connectivity index (χ0v) is 10.9. The fraction of sp³-hybridized carbons (Fsp3) is 1.00. The lowest BCUT2D eigenvalue weighted by molar-refractivity contribution is 0.124. The second-order valence-electron chi connectivity index (χ2n) is 6.20. The van der Waals surface area contributed by atoms with Crippen molar-refractivity contribution >= 4 is 0 Å². The van der Waals surface area contributed by atoms with Crippen molar-refractivity contribution < 1.29 is 0 Å². The van der Waals surface area contributed by atoms with Gasteiger partial charge in [0.05, 0.1) is 0 Å². The van der Waals surface area contributed by atoms with Gasteiger partial charge in [-0.05, 0) is 50.6 Å². The molecule has 0 atom stereocenters. The summed E-state index contributed by atoms with van der Waals surface area (Å²) in [5.41, 5.74) is 6.04. The topological polar surface area (TPSA) is 29.3 Å². The minimum Gasteiger partial charge on any atom is -0.330 e. The Morgan fingerprint density at radius 3 is 2.20 bits per heavy atom. The second kappa shape index (κ2) is 5.31. The van der Waals surface area contributed by atoms with E-state index in [1.807, 2.05) is 0 Å². The first-order chi connectivity index (χ1) is 6.94. The van der Waals surface area contributed by atoms with Crippen molar-refractivity contribution in [2.75, 3.05) is 20.1 Å². The zero-order chi connectivity index (χ0) is 11.5. The van der Waals surface area contributed by atoms with E-state index in [1.165, 1.54) is 25.7 Å². The predicted molar refractivity (Wildman–Crippen MR) is 66.9 cm³/mol. The SMILES string of the molecule is CC1CCC(N(C)CC(C)(C)CN)CC1. The highest BCUT2D eigenvalue weighted by Crippen LogP contribution is 2.28. The van der Waals surface area contributed by atoms with E-state index < -0.39 is 0 Å². The zero-order valence-electron chi connectivity index (χ0n) is 10.9. The van der Waals surface area contributed by atoms with Gasteiger partial charge in [-0.2, -0.15) is 0 Å². The minimum atomic E-state index is 0.262. The molecule has 1 rings (SSSR count). The molecular formula is C13H28N2. The van der Waals surface area contributed by atoms with E-state index in [4.69, 9.17) is 5.73 Å². The highest BCUT2D eigenvalue weighted by Gasteiger charge is 2.25. The Kier molecular flexibility index (Phi) is 4.60. The van der Waals surface area contributed by atoms with Crippen LogP contribution in [0.15, 0.2) is 0 Å². The molecule has 0 bridgehead atoms. The summed E-state index contributed by atoms with van der Waals surface area (Å²) < 4.78 is 0. The Labute approximate surface area is 95.2 Å². The second-order valence-corrected chi connectivity index (χ2v) is 6.20. The van der Waals surface area contributed by atoms with E-state index in [1.54, 1.807) is 0 Å². The summed E-state index contributed by atoms with van der Waals surface area (Å²) in [7, 11) is 2.26. The van der Waals surface area contributed by atoms with Gasteiger partial charge in [-0.1, -0.05) is 20.8 Å². The number of nitrogens with two attached hydrogens (primary N) is 1. The molecule has 15 heavy (non-hydrogen) atoms. The molecule has 0 saturated heterocycles. The Morgan fingerprint density at radius 1 is 1.20 bits per heavy atom. The fourth-order valence-corrected chi connectivity index (χ4v) is 2.55. The smallest absolute Gasteiger partial charge is 0.00926 e. The maximum atomic E-state index is 5.78. The van der Waals surface area contributed by atoms with E-state index in [0.717, 1.165) is 25.0 Å². The van der Waals surface area contributed by atoms with E-state index in [9.17, 15) is 0 Å². The van der Waals surface area contributed by atoms with Crippen LogP contribution in [0.25, 0.3) is 0 Å². The van der Waals surface area contributed by atoms with Crippen LogP contribution in [0.4, 0.5) is 0 Å². The molecule has 0 amide bonds. The lowest BCUT2D eigenvalue weighted by Crippen LogP contribution is -2.43. The summed E-state index contributed by atoms with van der Waals surface area (Å²) in [6.07, 6.45) is 5.55. The molecule has 0 heterocycles. The lowest BCUT2D eigenvalue weighted by atomic mass is 9.85. The Hall–Kier alpha value is -0.0800. The quantitative estimate of drug-likeness (QED) is 0.776.